The third-order valence-corrected chi connectivity index (χ3v) is 0.629. The Balaban J connectivity index is 3.94. The van der Waals surface area contributed by atoms with Gasteiger partial charge in [0.2, 0.25) is 0 Å². The van der Waals surface area contributed by atoms with E-state index in [4.69, 9.17) is 0 Å². The van der Waals surface area contributed by atoms with Crippen molar-refractivity contribution >= 4 is 12.6 Å². The maximum Gasteiger partial charge on any atom is 0.123 e. The van der Waals surface area contributed by atoms with Gasteiger partial charge in [0.15, 0.2) is 0 Å². The highest BCUT2D eigenvalue weighted by molar-refractivity contribution is 7.84. The van der Waals surface area contributed by atoms with Crippen LogP contribution in [0.2, 0.25) is 0 Å². The van der Waals surface area contributed by atoms with Gasteiger partial charge in [0, 0.05) is 0 Å². The van der Waals surface area contributed by atoms with Crippen LogP contribution in [0.4, 0.5) is 4.39 Å². The summed E-state index contributed by atoms with van der Waals surface area (Å²) in [4.78, 5) is 0.391. The first-order valence-electron chi connectivity index (χ1n) is 2.04. The van der Waals surface area contributed by atoms with Gasteiger partial charge in [-0.1, -0.05) is 13.2 Å². The van der Waals surface area contributed by atoms with E-state index in [0.29, 0.717) is 4.91 Å². The molecule has 0 nitrogen and oxygen atoms in total. The van der Waals surface area contributed by atoms with E-state index in [1.165, 1.54) is 6.08 Å². The number of allylic oxidation sites excluding steroid dienone is 3. The molecule has 0 saturated carbocycles. The molecule has 0 aliphatic rings. The molecule has 0 aromatic rings. The Morgan fingerprint density at radius 1 is 1.62 bits per heavy atom. The normalized spacial score (nSPS) is 11.0. The molecule has 0 heterocycles. The molecule has 0 unspecified atom stereocenters. The van der Waals surface area contributed by atoms with Crippen LogP contribution in [0.15, 0.2) is 36.0 Å². The van der Waals surface area contributed by atoms with E-state index in [9.17, 15) is 4.39 Å². The topological polar surface area (TPSA) is 0 Å². The van der Waals surface area contributed by atoms with Crippen molar-refractivity contribution in [3.8, 4) is 0 Å². The Hall–Kier alpha value is -0.500. The van der Waals surface area contributed by atoms with Crippen molar-refractivity contribution in [3.63, 3.8) is 0 Å². The summed E-state index contributed by atoms with van der Waals surface area (Å²) < 4.78 is 12.0. The van der Waals surface area contributed by atoms with E-state index >= 15 is 0 Å². The highest BCUT2D eigenvalue weighted by Crippen LogP contribution is 2.04. The van der Waals surface area contributed by atoms with Crippen LogP contribution >= 0.6 is 12.6 Å². The molecule has 0 saturated heterocycles. The number of halogens is 1. The lowest BCUT2D eigenvalue weighted by molar-refractivity contribution is 0.667. The van der Waals surface area contributed by atoms with Gasteiger partial charge in [-0.15, -0.1) is 12.6 Å². The van der Waals surface area contributed by atoms with Gasteiger partial charge in [-0.2, -0.15) is 0 Å². The van der Waals surface area contributed by atoms with Gasteiger partial charge in [0.25, 0.3) is 0 Å². The van der Waals surface area contributed by atoms with Crippen molar-refractivity contribution < 1.29 is 4.39 Å². The Labute approximate surface area is 53.8 Å². The standard InChI is InChI=1S/C6H7FS/c1-3-6(7)4-5(2)8/h3-4,8H,1-2H2/b6-4+. The highest BCUT2D eigenvalue weighted by Gasteiger charge is 1.82. The van der Waals surface area contributed by atoms with Crippen LogP contribution in [-0.4, -0.2) is 0 Å². The average molecular weight is 130 g/mol. The molecule has 0 aliphatic carbocycles. The zero-order chi connectivity index (χ0) is 6.57. The molecule has 0 atom stereocenters. The van der Waals surface area contributed by atoms with E-state index < -0.39 is 5.83 Å². The summed E-state index contributed by atoms with van der Waals surface area (Å²) in [6.45, 7) is 6.54. The molecule has 2 heteroatoms. The Bertz CT molecular complexity index is 135. The summed E-state index contributed by atoms with van der Waals surface area (Å²) in [5, 5.41) is 0. The minimum atomic E-state index is -0.412. The van der Waals surface area contributed by atoms with Gasteiger partial charge in [0.05, 0.1) is 0 Å². The van der Waals surface area contributed by atoms with Gasteiger partial charge in [-0.25, -0.2) is 4.39 Å². The molecule has 8 heavy (non-hydrogen) atoms. The second kappa shape index (κ2) is 3.50. The van der Waals surface area contributed by atoms with Crippen molar-refractivity contribution in [3.05, 3.63) is 36.0 Å². The van der Waals surface area contributed by atoms with E-state index in [-0.39, 0.29) is 0 Å². The van der Waals surface area contributed by atoms with Gasteiger partial charge in [0.1, 0.15) is 5.83 Å². The largest absolute Gasteiger partial charge is 0.207 e. The lowest BCUT2D eigenvalue weighted by Gasteiger charge is -1.82. The molecular weight excluding hydrogens is 123 g/mol. The van der Waals surface area contributed by atoms with E-state index in [1.807, 2.05) is 0 Å². The minimum Gasteiger partial charge on any atom is -0.207 e. The second-order valence-electron chi connectivity index (χ2n) is 1.22. The first-order valence-corrected chi connectivity index (χ1v) is 2.49. The molecule has 0 aromatic heterocycles. The van der Waals surface area contributed by atoms with Crippen LogP contribution in [0.25, 0.3) is 0 Å². The fraction of sp³-hybridized carbons (Fsp3) is 0. The van der Waals surface area contributed by atoms with E-state index in [0.717, 1.165) is 6.08 Å². The van der Waals surface area contributed by atoms with Crippen LogP contribution in [0.1, 0.15) is 0 Å². The number of hydrogen-bond donors (Lipinski definition) is 1. The fourth-order valence-electron chi connectivity index (χ4n) is 0.218. The van der Waals surface area contributed by atoms with Crippen molar-refractivity contribution in [1.29, 1.82) is 0 Å². The first-order chi connectivity index (χ1) is 3.66. The summed E-state index contributed by atoms with van der Waals surface area (Å²) in [5.74, 6) is -0.412. The summed E-state index contributed by atoms with van der Waals surface area (Å²) in [5.41, 5.74) is 0. The number of hydrogen-bond acceptors (Lipinski definition) is 1. The van der Waals surface area contributed by atoms with Crippen molar-refractivity contribution in [2.75, 3.05) is 0 Å². The van der Waals surface area contributed by atoms with Crippen molar-refractivity contribution in [2.24, 2.45) is 0 Å². The third-order valence-electron chi connectivity index (χ3n) is 0.500. The molecule has 0 bridgehead atoms. The smallest absolute Gasteiger partial charge is 0.123 e. The first kappa shape index (κ1) is 7.50. The zero-order valence-corrected chi connectivity index (χ0v) is 5.29. The van der Waals surface area contributed by atoms with Gasteiger partial charge in [-0.05, 0) is 17.1 Å². The summed E-state index contributed by atoms with van der Waals surface area (Å²) in [7, 11) is 0. The Kier molecular flexibility index (Phi) is 3.28. The molecule has 0 amide bonds. The molecule has 44 valence electrons. The van der Waals surface area contributed by atoms with Crippen molar-refractivity contribution in [2.45, 2.75) is 0 Å². The maximum absolute atomic E-state index is 12.0. The Morgan fingerprint density at radius 3 is 2.25 bits per heavy atom. The minimum absolute atomic E-state index is 0.391. The third kappa shape index (κ3) is 3.68. The molecule has 0 spiro atoms. The average Bonchev–Trinajstić information content (AvgIpc) is 1.65. The van der Waals surface area contributed by atoms with Crippen LogP contribution < -0.4 is 0 Å². The van der Waals surface area contributed by atoms with Gasteiger partial charge < -0.3 is 0 Å². The second-order valence-corrected chi connectivity index (χ2v) is 1.80. The zero-order valence-electron chi connectivity index (χ0n) is 4.39. The Morgan fingerprint density at radius 2 is 2.12 bits per heavy atom. The van der Waals surface area contributed by atoms with Gasteiger partial charge >= 0.3 is 0 Å². The summed E-state index contributed by atoms with van der Waals surface area (Å²) >= 11 is 3.73. The number of thiol groups is 1. The number of rotatable bonds is 2. The lowest BCUT2D eigenvalue weighted by atomic mass is 10.4. The molecule has 0 aromatic carbocycles. The van der Waals surface area contributed by atoms with Crippen LogP contribution in [-0.2, 0) is 0 Å². The molecule has 0 fully saturated rings. The van der Waals surface area contributed by atoms with Crippen LogP contribution in [0.5, 0.6) is 0 Å². The molecule has 0 radical (unpaired) electrons. The van der Waals surface area contributed by atoms with Crippen LogP contribution in [0, 0.1) is 0 Å². The lowest BCUT2D eigenvalue weighted by Crippen LogP contribution is -1.62. The molecular formula is C6H7FS. The van der Waals surface area contributed by atoms with E-state index in [1.54, 1.807) is 0 Å². The predicted octanol–water partition coefficient (Wildman–Crippen LogP) is 2.47. The maximum atomic E-state index is 12.0. The van der Waals surface area contributed by atoms with Gasteiger partial charge in [-0.3, -0.25) is 0 Å². The van der Waals surface area contributed by atoms with Crippen LogP contribution in [0.3, 0.4) is 0 Å². The quantitative estimate of drug-likeness (QED) is 0.431. The molecule has 0 rings (SSSR count). The summed E-state index contributed by atoms with van der Waals surface area (Å²) in [6.07, 6.45) is 2.29. The predicted molar refractivity (Wildman–Crippen MR) is 37.5 cm³/mol. The fourth-order valence-corrected chi connectivity index (χ4v) is 0.341. The molecule has 0 aliphatic heterocycles. The summed E-state index contributed by atoms with van der Waals surface area (Å²) in [6, 6.07) is 0. The van der Waals surface area contributed by atoms with E-state index in [2.05, 4.69) is 25.8 Å². The van der Waals surface area contributed by atoms with Crippen molar-refractivity contribution in [1.82, 2.24) is 0 Å². The SMILES string of the molecule is C=C/C(F)=C\C(=C)S. The molecule has 0 N–H and O–H groups in total. The monoisotopic (exact) mass is 130 g/mol. The highest BCUT2D eigenvalue weighted by atomic mass is 32.1.